The minimum absolute atomic E-state index is 0.00944. The van der Waals surface area contributed by atoms with Crippen LogP contribution < -0.4 is 4.72 Å². The first-order valence-corrected chi connectivity index (χ1v) is 13.1. The van der Waals surface area contributed by atoms with Crippen molar-refractivity contribution in [3.8, 4) is 0 Å². The third-order valence-corrected chi connectivity index (χ3v) is 8.16. The lowest BCUT2D eigenvalue weighted by Crippen LogP contribution is -2.26. The van der Waals surface area contributed by atoms with Crippen LogP contribution in [-0.4, -0.2) is 29.4 Å². The number of anilines is 1. The SMILES string of the molecule is [C-]#[N+]c1ccc(CN2Cc3sc(NS(=O)(=O)c4ccc(CC(=O)O)cc4)nc3[C@@H]2C(C)C)cc1F. The first kappa shape index (κ1) is 24.8. The number of aliphatic carboxylic acids is 1. The van der Waals surface area contributed by atoms with Crippen molar-refractivity contribution in [1.29, 1.82) is 0 Å². The van der Waals surface area contributed by atoms with Gasteiger partial charge in [-0.2, -0.15) is 0 Å². The molecule has 0 spiro atoms. The van der Waals surface area contributed by atoms with Gasteiger partial charge in [0.25, 0.3) is 10.0 Å². The smallest absolute Gasteiger partial charge is 0.307 e. The molecule has 0 saturated carbocycles. The van der Waals surface area contributed by atoms with Crippen molar-refractivity contribution in [3.05, 3.63) is 81.4 Å². The van der Waals surface area contributed by atoms with E-state index in [1.54, 1.807) is 6.07 Å². The maximum atomic E-state index is 14.1. The number of hydrogen-bond acceptors (Lipinski definition) is 6. The summed E-state index contributed by atoms with van der Waals surface area (Å²) in [6, 6.07) is 10.2. The zero-order valence-electron chi connectivity index (χ0n) is 19.0. The molecule has 0 radical (unpaired) electrons. The molecule has 0 amide bonds. The van der Waals surface area contributed by atoms with Crippen LogP contribution in [0.25, 0.3) is 4.85 Å². The number of benzene rings is 2. The highest BCUT2D eigenvalue weighted by molar-refractivity contribution is 7.93. The zero-order valence-corrected chi connectivity index (χ0v) is 20.7. The second kappa shape index (κ2) is 9.73. The first-order valence-electron chi connectivity index (χ1n) is 10.8. The van der Waals surface area contributed by atoms with Crippen LogP contribution in [-0.2, 0) is 34.3 Å². The Hall–Kier alpha value is -3.33. The quantitative estimate of drug-likeness (QED) is 0.411. The molecule has 1 atom stereocenters. The van der Waals surface area contributed by atoms with Crippen molar-refractivity contribution in [2.75, 3.05) is 4.72 Å². The fourth-order valence-electron chi connectivity index (χ4n) is 4.21. The third-order valence-electron chi connectivity index (χ3n) is 5.71. The van der Waals surface area contributed by atoms with Gasteiger partial charge in [-0.3, -0.25) is 14.4 Å². The Balaban J connectivity index is 1.51. The number of hydrogen-bond donors (Lipinski definition) is 2. The molecule has 2 N–H and O–H groups in total. The second-order valence-electron chi connectivity index (χ2n) is 8.64. The van der Waals surface area contributed by atoms with Gasteiger partial charge in [-0.1, -0.05) is 49.4 Å². The first-order chi connectivity index (χ1) is 16.6. The lowest BCUT2D eigenvalue weighted by Gasteiger charge is -2.27. The maximum Gasteiger partial charge on any atom is 0.307 e. The molecule has 4 rings (SSSR count). The van der Waals surface area contributed by atoms with Gasteiger partial charge in [0.15, 0.2) is 5.13 Å². The van der Waals surface area contributed by atoms with E-state index in [1.807, 2.05) is 0 Å². The van der Waals surface area contributed by atoms with Crippen LogP contribution in [0.4, 0.5) is 15.2 Å². The number of fused-ring (bicyclic) bond motifs is 1. The van der Waals surface area contributed by atoms with Crippen molar-refractivity contribution < 1.29 is 22.7 Å². The van der Waals surface area contributed by atoms with E-state index >= 15 is 0 Å². The largest absolute Gasteiger partial charge is 0.481 e. The molecule has 0 bridgehead atoms. The van der Waals surface area contributed by atoms with Crippen LogP contribution >= 0.6 is 11.3 Å². The van der Waals surface area contributed by atoms with Gasteiger partial charge in [-0.25, -0.2) is 22.6 Å². The molecular formula is C24H23FN4O4S2. The van der Waals surface area contributed by atoms with E-state index in [0.717, 1.165) is 16.1 Å². The Bertz CT molecular complexity index is 1410. The van der Waals surface area contributed by atoms with Crippen LogP contribution in [0.15, 0.2) is 47.4 Å². The van der Waals surface area contributed by atoms with Gasteiger partial charge < -0.3 is 5.11 Å². The van der Waals surface area contributed by atoms with Gasteiger partial charge in [-0.05, 0) is 35.2 Å². The monoisotopic (exact) mass is 514 g/mol. The molecule has 2 aromatic carbocycles. The summed E-state index contributed by atoms with van der Waals surface area (Å²) in [5.41, 5.74) is 2.05. The van der Waals surface area contributed by atoms with Crippen LogP contribution in [0.2, 0.25) is 0 Å². The number of rotatable bonds is 8. The van der Waals surface area contributed by atoms with E-state index in [1.165, 1.54) is 47.7 Å². The minimum atomic E-state index is -3.89. The average Bonchev–Trinajstić information content (AvgIpc) is 3.29. The molecule has 0 unspecified atom stereocenters. The lowest BCUT2D eigenvalue weighted by molar-refractivity contribution is -0.136. The topological polar surface area (TPSA) is 104 Å². The summed E-state index contributed by atoms with van der Waals surface area (Å²) in [5, 5.41) is 9.14. The number of aromatic nitrogens is 1. The van der Waals surface area contributed by atoms with E-state index in [2.05, 4.69) is 33.3 Å². The molecule has 0 aliphatic carbocycles. The van der Waals surface area contributed by atoms with Crippen LogP contribution in [0, 0.1) is 18.3 Å². The van der Waals surface area contributed by atoms with E-state index in [-0.39, 0.29) is 34.1 Å². The highest BCUT2D eigenvalue weighted by Crippen LogP contribution is 2.43. The minimum Gasteiger partial charge on any atom is -0.481 e. The number of nitrogens with zero attached hydrogens (tertiary/aromatic N) is 3. The standard InChI is InChI=1S/C24H23FN4O4S2/c1-14(2)23-22-20(13-29(23)12-16-6-9-19(26-3)18(25)10-16)34-24(27-22)28-35(32,33)17-7-4-15(5-8-17)11-21(30)31/h4-10,14,23H,11-13H2,1-2H3,(H,27,28)(H,30,31)/t23-/m0/s1. The summed E-state index contributed by atoms with van der Waals surface area (Å²) in [5.74, 6) is -1.36. The maximum absolute atomic E-state index is 14.1. The molecule has 1 aliphatic heterocycles. The molecule has 0 fully saturated rings. The number of halogens is 1. The number of carbonyl (C=O) groups is 1. The fourth-order valence-corrected chi connectivity index (χ4v) is 6.47. The molecule has 8 nitrogen and oxygen atoms in total. The van der Waals surface area contributed by atoms with Crippen molar-refractivity contribution in [1.82, 2.24) is 9.88 Å². The molecule has 2 heterocycles. The molecule has 1 aliphatic rings. The molecule has 182 valence electrons. The zero-order chi connectivity index (χ0) is 25.3. The average molecular weight is 515 g/mol. The van der Waals surface area contributed by atoms with Gasteiger partial charge in [0, 0.05) is 18.0 Å². The highest BCUT2D eigenvalue weighted by Gasteiger charge is 2.36. The van der Waals surface area contributed by atoms with E-state index in [0.29, 0.717) is 18.7 Å². The van der Waals surface area contributed by atoms with Crippen molar-refractivity contribution in [2.24, 2.45) is 5.92 Å². The fraction of sp³-hybridized carbons (Fsp3) is 0.292. The van der Waals surface area contributed by atoms with Gasteiger partial charge in [-0.15, -0.1) is 0 Å². The Morgan fingerprint density at radius 3 is 2.57 bits per heavy atom. The number of carboxylic acids is 1. The van der Waals surface area contributed by atoms with Crippen molar-refractivity contribution >= 4 is 38.1 Å². The molecule has 0 saturated heterocycles. The number of thiazole rings is 1. The summed E-state index contributed by atoms with van der Waals surface area (Å²) in [6.45, 7) is 12.1. The summed E-state index contributed by atoms with van der Waals surface area (Å²) in [6.07, 6.45) is -0.184. The van der Waals surface area contributed by atoms with E-state index in [9.17, 15) is 17.6 Å². The van der Waals surface area contributed by atoms with Gasteiger partial charge in [0.1, 0.15) is 5.82 Å². The molecular weight excluding hydrogens is 491 g/mol. The number of carboxylic acid groups (broad SMARTS) is 1. The highest BCUT2D eigenvalue weighted by atomic mass is 32.2. The van der Waals surface area contributed by atoms with Gasteiger partial charge in [0.2, 0.25) is 5.69 Å². The normalized spacial score (nSPS) is 15.7. The van der Waals surface area contributed by atoms with Gasteiger partial charge in [0.05, 0.1) is 29.6 Å². The molecule has 35 heavy (non-hydrogen) atoms. The van der Waals surface area contributed by atoms with E-state index < -0.39 is 21.8 Å². The molecule has 3 aromatic rings. The Labute approximate surface area is 206 Å². The van der Waals surface area contributed by atoms with Crippen molar-refractivity contribution in [3.63, 3.8) is 0 Å². The molecule has 11 heteroatoms. The number of nitrogens with one attached hydrogen (secondary N) is 1. The Morgan fingerprint density at radius 1 is 1.29 bits per heavy atom. The predicted molar refractivity (Wildman–Crippen MR) is 130 cm³/mol. The lowest BCUT2D eigenvalue weighted by atomic mass is 10.0. The van der Waals surface area contributed by atoms with Crippen LogP contribution in [0.5, 0.6) is 0 Å². The summed E-state index contributed by atoms with van der Waals surface area (Å²) in [7, 11) is -3.89. The van der Waals surface area contributed by atoms with Gasteiger partial charge >= 0.3 is 5.97 Å². The Kier molecular flexibility index (Phi) is 6.89. The third kappa shape index (κ3) is 5.35. The second-order valence-corrected chi connectivity index (χ2v) is 11.4. The van der Waals surface area contributed by atoms with E-state index in [4.69, 9.17) is 11.7 Å². The van der Waals surface area contributed by atoms with Crippen molar-refractivity contribution in [2.45, 2.75) is 44.3 Å². The van der Waals surface area contributed by atoms with Crippen LogP contribution in [0.1, 0.15) is 41.6 Å². The molecule has 1 aromatic heterocycles. The van der Waals surface area contributed by atoms with Crippen LogP contribution in [0.3, 0.4) is 0 Å². The Morgan fingerprint density at radius 2 is 1.97 bits per heavy atom. The number of sulfonamides is 1. The summed E-state index contributed by atoms with van der Waals surface area (Å²) < 4.78 is 42.3. The predicted octanol–water partition coefficient (Wildman–Crippen LogP) is 4.97. The summed E-state index contributed by atoms with van der Waals surface area (Å²) >= 11 is 1.27. The summed E-state index contributed by atoms with van der Waals surface area (Å²) in [4.78, 5) is 21.7.